The van der Waals surface area contributed by atoms with E-state index < -0.39 is 0 Å². The molecule has 0 atom stereocenters. The Kier molecular flexibility index (Phi) is 1.52. The Morgan fingerprint density at radius 3 is 2.54 bits per heavy atom. The average molecular weight is 176 g/mol. The van der Waals surface area contributed by atoms with Crippen molar-refractivity contribution in [2.24, 2.45) is 0 Å². The van der Waals surface area contributed by atoms with Gasteiger partial charge in [-0.15, -0.1) is 0 Å². The lowest BCUT2D eigenvalue weighted by atomic mass is 10.3. The fraction of sp³-hybridized carbons (Fsp3) is 0.333. The molecule has 0 bridgehead atoms. The largest absolute Gasteiger partial charge is 0.382 e. The summed E-state index contributed by atoms with van der Waals surface area (Å²) in [5.41, 5.74) is 9.49. The Morgan fingerprint density at radius 1 is 1.15 bits per heavy atom. The van der Waals surface area contributed by atoms with Gasteiger partial charge in [0.15, 0.2) is 5.65 Å². The normalized spacial score (nSPS) is 11.0. The van der Waals surface area contributed by atoms with Crippen LogP contribution in [0.4, 0.5) is 5.82 Å². The van der Waals surface area contributed by atoms with Crippen LogP contribution in [0.1, 0.15) is 17.1 Å². The van der Waals surface area contributed by atoms with Crippen molar-refractivity contribution < 1.29 is 0 Å². The zero-order valence-corrected chi connectivity index (χ0v) is 8.00. The second-order valence-electron chi connectivity index (χ2n) is 3.23. The predicted octanol–water partition coefficient (Wildman–Crippen LogP) is 1.24. The first-order chi connectivity index (χ1) is 6.09. The van der Waals surface area contributed by atoms with Crippen molar-refractivity contribution in [1.29, 1.82) is 0 Å². The molecule has 0 aliphatic carbocycles. The van der Waals surface area contributed by atoms with E-state index in [4.69, 9.17) is 5.73 Å². The van der Waals surface area contributed by atoms with E-state index in [0.29, 0.717) is 5.82 Å². The molecule has 0 fully saturated rings. The molecule has 13 heavy (non-hydrogen) atoms. The minimum Gasteiger partial charge on any atom is -0.382 e. The van der Waals surface area contributed by atoms with Gasteiger partial charge in [0.05, 0.1) is 17.6 Å². The minimum atomic E-state index is 0.540. The molecule has 68 valence electrons. The second kappa shape index (κ2) is 2.45. The van der Waals surface area contributed by atoms with Gasteiger partial charge in [-0.2, -0.15) is 0 Å². The number of aryl methyl sites for hydroxylation is 3. The SMILES string of the molecule is Cc1nc(C)c2nc(N)cn2c1C. The topological polar surface area (TPSA) is 56.2 Å². The molecule has 2 aromatic heterocycles. The van der Waals surface area contributed by atoms with Crippen LogP contribution in [0, 0.1) is 20.8 Å². The zero-order chi connectivity index (χ0) is 9.59. The molecule has 0 saturated carbocycles. The number of imidazole rings is 1. The van der Waals surface area contributed by atoms with E-state index in [0.717, 1.165) is 22.7 Å². The van der Waals surface area contributed by atoms with E-state index in [9.17, 15) is 0 Å². The Labute approximate surface area is 76.4 Å². The van der Waals surface area contributed by atoms with Crippen LogP contribution in [0.2, 0.25) is 0 Å². The van der Waals surface area contributed by atoms with Crippen LogP contribution in [0.5, 0.6) is 0 Å². The summed E-state index contributed by atoms with van der Waals surface area (Å²) in [4.78, 5) is 8.57. The number of hydrogen-bond acceptors (Lipinski definition) is 3. The highest BCUT2D eigenvalue weighted by molar-refractivity contribution is 5.51. The summed E-state index contributed by atoms with van der Waals surface area (Å²) in [6.45, 7) is 5.93. The predicted molar refractivity (Wildman–Crippen MR) is 51.6 cm³/mol. The lowest BCUT2D eigenvalue weighted by molar-refractivity contribution is 0.969. The molecular weight excluding hydrogens is 164 g/mol. The monoisotopic (exact) mass is 176 g/mol. The third-order valence-electron chi connectivity index (χ3n) is 2.27. The molecule has 4 heteroatoms. The lowest BCUT2D eigenvalue weighted by Crippen LogP contribution is -1.99. The number of rotatable bonds is 0. The lowest BCUT2D eigenvalue weighted by Gasteiger charge is -2.04. The Balaban J connectivity index is 2.95. The smallest absolute Gasteiger partial charge is 0.160 e. The number of aromatic nitrogens is 3. The van der Waals surface area contributed by atoms with Crippen LogP contribution in [-0.2, 0) is 0 Å². The van der Waals surface area contributed by atoms with Gasteiger partial charge in [-0.05, 0) is 20.8 Å². The molecule has 0 aromatic carbocycles. The van der Waals surface area contributed by atoms with Crippen LogP contribution in [0.3, 0.4) is 0 Å². The van der Waals surface area contributed by atoms with Crippen LogP contribution in [-0.4, -0.2) is 14.4 Å². The molecule has 0 saturated heterocycles. The molecule has 2 aromatic rings. The molecular formula is C9H12N4. The van der Waals surface area contributed by atoms with Gasteiger partial charge in [0.2, 0.25) is 0 Å². The van der Waals surface area contributed by atoms with E-state index in [2.05, 4.69) is 9.97 Å². The van der Waals surface area contributed by atoms with Gasteiger partial charge < -0.3 is 5.73 Å². The van der Waals surface area contributed by atoms with Gasteiger partial charge in [0.25, 0.3) is 0 Å². The number of nitrogens with two attached hydrogens (primary N) is 1. The summed E-state index contributed by atoms with van der Waals surface area (Å²) in [5, 5.41) is 0. The number of fused-ring (bicyclic) bond motifs is 1. The average Bonchev–Trinajstić information content (AvgIpc) is 2.44. The van der Waals surface area contributed by atoms with Crippen molar-refractivity contribution in [1.82, 2.24) is 14.4 Å². The van der Waals surface area contributed by atoms with Gasteiger partial charge >= 0.3 is 0 Å². The van der Waals surface area contributed by atoms with E-state index in [1.54, 1.807) is 0 Å². The molecule has 0 spiro atoms. The van der Waals surface area contributed by atoms with E-state index in [1.165, 1.54) is 0 Å². The standard InChI is InChI=1S/C9H12N4/c1-5-7(3)13-4-8(10)12-9(13)6(2)11-5/h4H,10H2,1-3H3. The molecule has 0 amide bonds. The van der Waals surface area contributed by atoms with Gasteiger partial charge in [-0.1, -0.05) is 0 Å². The molecule has 0 radical (unpaired) electrons. The zero-order valence-electron chi connectivity index (χ0n) is 8.00. The molecule has 0 unspecified atom stereocenters. The highest BCUT2D eigenvalue weighted by Crippen LogP contribution is 2.14. The third kappa shape index (κ3) is 1.06. The molecule has 2 rings (SSSR count). The minimum absolute atomic E-state index is 0.540. The first-order valence-electron chi connectivity index (χ1n) is 4.18. The van der Waals surface area contributed by atoms with E-state index in [1.807, 2.05) is 31.4 Å². The van der Waals surface area contributed by atoms with Crippen LogP contribution < -0.4 is 5.73 Å². The summed E-state index contributed by atoms with van der Waals surface area (Å²) < 4.78 is 1.98. The van der Waals surface area contributed by atoms with Crippen LogP contribution in [0.25, 0.3) is 5.65 Å². The third-order valence-corrected chi connectivity index (χ3v) is 2.27. The van der Waals surface area contributed by atoms with Crippen LogP contribution in [0.15, 0.2) is 6.20 Å². The van der Waals surface area contributed by atoms with E-state index in [-0.39, 0.29) is 0 Å². The maximum Gasteiger partial charge on any atom is 0.160 e. The van der Waals surface area contributed by atoms with E-state index >= 15 is 0 Å². The number of hydrogen-bond donors (Lipinski definition) is 1. The summed E-state index contributed by atoms with van der Waals surface area (Å²) in [5.74, 6) is 0.540. The van der Waals surface area contributed by atoms with Gasteiger partial charge in [0, 0.05) is 5.69 Å². The first-order valence-corrected chi connectivity index (χ1v) is 4.18. The maximum atomic E-state index is 5.62. The second-order valence-corrected chi connectivity index (χ2v) is 3.23. The Bertz CT molecular complexity index is 470. The fourth-order valence-electron chi connectivity index (χ4n) is 1.47. The Hall–Kier alpha value is -1.58. The Morgan fingerprint density at radius 2 is 1.85 bits per heavy atom. The molecule has 2 N–H and O–H groups in total. The first kappa shape index (κ1) is 8.04. The van der Waals surface area contributed by atoms with Crippen molar-refractivity contribution >= 4 is 11.5 Å². The van der Waals surface area contributed by atoms with Gasteiger partial charge in [-0.25, -0.2) is 4.98 Å². The fourth-order valence-corrected chi connectivity index (χ4v) is 1.47. The highest BCUT2D eigenvalue weighted by atomic mass is 15.1. The molecule has 4 nitrogen and oxygen atoms in total. The van der Waals surface area contributed by atoms with Gasteiger partial charge in [-0.3, -0.25) is 9.38 Å². The summed E-state index contributed by atoms with van der Waals surface area (Å²) in [7, 11) is 0. The highest BCUT2D eigenvalue weighted by Gasteiger charge is 2.07. The van der Waals surface area contributed by atoms with Crippen molar-refractivity contribution in [2.75, 3.05) is 5.73 Å². The van der Waals surface area contributed by atoms with Crippen molar-refractivity contribution in [3.63, 3.8) is 0 Å². The number of anilines is 1. The maximum absolute atomic E-state index is 5.62. The van der Waals surface area contributed by atoms with Crippen LogP contribution >= 0.6 is 0 Å². The molecule has 0 aliphatic rings. The van der Waals surface area contributed by atoms with Crippen molar-refractivity contribution in [3.8, 4) is 0 Å². The van der Waals surface area contributed by atoms with Crippen molar-refractivity contribution in [3.05, 3.63) is 23.3 Å². The number of nitrogens with zero attached hydrogens (tertiary/aromatic N) is 3. The molecule has 2 heterocycles. The summed E-state index contributed by atoms with van der Waals surface area (Å²) in [6.07, 6.45) is 1.83. The van der Waals surface area contributed by atoms with Gasteiger partial charge in [0.1, 0.15) is 5.82 Å². The molecule has 0 aliphatic heterocycles. The number of nitrogen functional groups attached to an aromatic ring is 1. The summed E-state index contributed by atoms with van der Waals surface area (Å²) >= 11 is 0. The van der Waals surface area contributed by atoms with Crippen molar-refractivity contribution in [2.45, 2.75) is 20.8 Å². The quantitative estimate of drug-likeness (QED) is 0.657. The summed E-state index contributed by atoms with van der Waals surface area (Å²) in [6, 6.07) is 0.